The summed E-state index contributed by atoms with van der Waals surface area (Å²) in [6.07, 6.45) is 2.48. The first-order valence-electron chi connectivity index (χ1n) is 4.85. The number of ether oxygens (including phenoxy) is 1. The molecule has 5 heteroatoms. The van der Waals surface area contributed by atoms with Crippen LogP contribution in [0.5, 0.6) is 0 Å². The number of aryl methyl sites for hydroxylation is 1. The maximum absolute atomic E-state index is 5.85. The Labute approximate surface area is 83.6 Å². The Morgan fingerprint density at radius 1 is 1.57 bits per heavy atom. The van der Waals surface area contributed by atoms with Gasteiger partial charge in [-0.05, 0) is 12.8 Å². The van der Waals surface area contributed by atoms with Crippen LogP contribution in [0.15, 0.2) is 4.52 Å². The smallest absolute Gasteiger partial charge is 0.243 e. The minimum atomic E-state index is -0.169. The Hall–Kier alpha value is -0.940. The van der Waals surface area contributed by atoms with Crippen molar-refractivity contribution < 1.29 is 9.26 Å². The molecule has 1 heterocycles. The average molecular weight is 199 g/mol. The fourth-order valence-electron chi connectivity index (χ4n) is 1.13. The molecule has 1 aromatic heterocycles. The van der Waals surface area contributed by atoms with Gasteiger partial charge in [0.2, 0.25) is 5.89 Å². The van der Waals surface area contributed by atoms with Crippen LogP contribution in [-0.4, -0.2) is 23.9 Å². The Balaban J connectivity index is 2.39. The lowest BCUT2D eigenvalue weighted by Crippen LogP contribution is -2.11. The molecular formula is C9H17N3O2. The summed E-state index contributed by atoms with van der Waals surface area (Å²) in [4.78, 5) is 4.16. The summed E-state index contributed by atoms with van der Waals surface area (Å²) >= 11 is 0. The summed E-state index contributed by atoms with van der Waals surface area (Å²) in [6.45, 7) is 2.69. The van der Waals surface area contributed by atoms with E-state index in [1.165, 1.54) is 0 Å². The van der Waals surface area contributed by atoms with Crippen molar-refractivity contribution in [2.45, 2.75) is 32.2 Å². The zero-order valence-electron chi connectivity index (χ0n) is 8.69. The Bertz CT molecular complexity index is 262. The predicted octanol–water partition coefficient (Wildman–Crippen LogP) is 1.06. The van der Waals surface area contributed by atoms with Crippen molar-refractivity contribution in [3.8, 4) is 0 Å². The quantitative estimate of drug-likeness (QED) is 0.693. The summed E-state index contributed by atoms with van der Waals surface area (Å²) < 4.78 is 9.95. The molecule has 1 aromatic rings. The topological polar surface area (TPSA) is 74.2 Å². The number of nitrogens with two attached hydrogens (primary N) is 1. The highest BCUT2D eigenvalue weighted by Gasteiger charge is 2.13. The normalized spacial score (nSPS) is 13.1. The minimum Gasteiger partial charge on any atom is -0.385 e. The van der Waals surface area contributed by atoms with Crippen molar-refractivity contribution in [1.29, 1.82) is 0 Å². The molecule has 0 spiro atoms. The van der Waals surface area contributed by atoms with Gasteiger partial charge in [-0.15, -0.1) is 0 Å². The molecule has 0 bridgehead atoms. The number of hydrogen-bond donors (Lipinski definition) is 1. The van der Waals surface area contributed by atoms with Crippen LogP contribution in [0.2, 0.25) is 0 Å². The van der Waals surface area contributed by atoms with Crippen LogP contribution in [0, 0.1) is 0 Å². The van der Waals surface area contributed by atoms with Gasteiger partial charge in [0.1, 0.15) is 0 Å². The summed E-state index contributed by atoms with van der Waals surface area (Å²) in [5.74, 6) is 1.24. The first-order chi connectivity index (χ1) is 6.77. The highest BCUT2D eigenvalue weighted by Crippen LogP contribution is 2.13. The van der Waals surface area contributed by atoms with Crippen molar-refractivity contribution in [2.75, 3.05) is 13.7 Å². The lowest BCUT2D eigenvalue weighted by molar-refractivity contribution is 0.188. The van der Waals surface area contributed by atoms with Gasteiger partial charge in [-0.1, -0.05) is 12.1 Å². The maximum atomic E-state index is 5.85. The molecule has 1 unspecified atom stereocenters. The molecule has 0 amide bonds. The van der Waals surface area contributed by atoms with Gasteiger partial charge in [0.25, 0.3) is 0 Å². The fourth-order valence-corrected chi connectivity index (χ4v) is 1.13. The fraction of sp³-hybridized carbons (Fsp3) is 0.778. The van der Waals surface area contributed by atoms with Gasteiger partial charge in [-0.25, -0.2) is 0 Å². The highest BCUT2D eigenvalue weighted by atomic mass is 16.5. The Kier molecular flexibility index (Phi) is 4.55. The van der Waals surface area contributed by atoms with E-state index in [4.69, 9.17) is 15.0 Å². The lowest BCUT2D eigenvalue weighted by Gasteiger charge is -2.04. The third-order valence-corrected chi connectivity index (χ3v) is 1.98. The van der Waals surface area contributed by atoms with Crippen LogP contribution in [0.3, 0.4) is 0 Å². The number of aromatic nitrogens is 2. The molecule has 0 fully saturated rings. The molecule has 14 heavy (non-hydrogen) atoms. The van der Waals surface area contributed by atoms with Crippen molar-refractivity contribution in [1.82, 2.24) is 10.1 Å². The van der Waals surface area contributed by atoms with Crippen molar-refractivity contribution in [2.24, 2.45) is 5.73 Å². The molecule has 1 atom stereocenters. The molecule has 2 N–H and O–H groups in total. The molecule has 80 valence electrons. The first kappa shape index (κ1) is 11.1. The Morgan fingerprint density at radius 2 is 2.36 bits per heavy atom. The highest BCUT2D eigenvalue weighted by molar-refractivity contribution is 4.91. The molecule has 0 aromatic carbocycles. The summed E-state index contributed by atoms with van der Waals surface area (Å²) in [5.41, 5.74) is 5.85. The van der Waals surface area contributed by atoms with Crippen LogP contribution < -0.4 is 5.73 Å². The van der Waals surface area contributed by atoms with E-state index in [-0.39, 0.29) is 6.04 Å². The van der Waals surface area contributed by atoms with Crippen LogP contribution >= 0.6 is 0 Å². The van der Waals surface area contributed by atoms with Gasteiger partial charge in [0, 0.05) is 20.1 Å². The largest absolute Gasteiger partial charge is 0.385 e. The first-order valence-corrected chi connectivity index (χ1v) is 4.85. The van der Waals surface area contributed by atoms with Gasteiger partial charge < -0.3 is 15.0 Å². The third kappa shape index (κ3) is 3.08. The Morgan fingerprint density at radius 3 is 2.93 bits per heavy atom. The van der Waals surface area contributed by atoms with E-state index in [9.17, 15) is 0 Å². The number of rotatable bonds is 6. The van der Waals surface area contributed by atoms with Crippen LogP contribution in [0.1, 0.15) is 37.5 Å². The van der Waals surface area contributed by atoms with Crippen LogP contribution in [0.4, 0.5) is 0 Å². The number of hydrogen-bond acceptors (Lipinski definition) is 5. The SMILES string of the molecule is CCc1noc(C(N)CCCOC)n1. The van der Waals surface area contributed by atoms with E-state index in [0.717, 1.165) is 19.3 Å². The number of nitrogens with zero attached hydrogens (tertiary/aromatic N) is 2. The second-order valence-electron chi connectivity index (χ2n) is 3.14. The van der Waals surface area contributed by atoms with Crippen molar-refractivity contribution in [3.63, 3.8) is 0 Å². The maximum Gasteiger partial charge on any atom is 0.243 e. The van der Waals surface area contributed by atoms with Crippen molar-refractivity contribution >= 4 is 0 Å². The van der Waals surface area contributed by atoms with Gasteiger partial charge in [0.05, 0.1) is 6.04 Å². The second kappa shape index (κ2) is 5.72. The predicted molar refractivity (Wildman–Crippen MR) is 51.7 cm³/mol. The molecule has 0 aliphatic rings. The van der Waals surface area contributed by atoms with E-state index >= 15 is 0 Å². The molecule has 0 saturated carbocycles. The minimum absolute atomic E-state index is 0.169. The van der Waals surface area contributed by atoms with E-state index in [1.807, 2.05) is 6.92 Å². The van der Waals surface area contributed by atoms with E-state index in [2.05, 4.69) is 10.1 Å². The van der Waals surface area contributed by atoms with Gasteiger partial charge in [-0.3, -0.25) is 0 Å². The molecule has 0 saturated heterocycles. The molecule has 0 aliphatic carbocycles. The molecule has 0 radical (unpaired) electrons. The third-order valence-electron chi connectivity index (χ3n) is 1.98. The van der Waals surface area contributed by atoms with E-state index in [0.29, 0.717) is 18.3 Å². The zero-order valence-corrected chi connectivity index (χ0v) is 8.69. The molecular weight excluding hydrogens is 182 g/mol. The van der Waals surface area contributed by atoms with Gasteiger partial charge in [0.15, 0.2) is 5.82 Å². The van der Waals surface area contributed by atoms with Crippen molar-refractivity contribution in [3.05, 3.63) is 11.7 Å². The summed E-state index contributed by atoms with van der Waals surface area (Å²) in [7, 11) is 1.67. The summed E-state index contributed by atoms with van der Waals surface area (Å²) in [6, 6.07) is -0.169. The molecule has 5 nitrogen and oxygen atoms in total. The van der Waals surface area contributed by atoms with E-state index in [1.54, 1.807) is 7.11 Å². The van der Waals surface area contributed by atoms with Gasteiger partial charge in [-0.2, -0.15) is 4.98 Å². The second-order valence-corrected chi connectivity index (χ2v) is 3.14. The van der Waals surface area contributed by atoms with E-state index < -0.39 is 0 Å². The summed E-state index contributed by atoms with van der Waals surface area (Å²) in [5, 5.41) is 3.79. The van der Waals surface area contributed by atoms with Crippen LogP contribution in [-0.2, 0) is 11.2 Å². The van der Waals surface area contributed by atoms with Crippen LogP contribution in [0.25, 0.3) is 0 Å². The standard InChI is InChI=1S/C9H17N3O2/c1-3-8-11-9(14-12-8)7(10)5-4-6-13-2/h7H,3-6,10H2,1-2H3. The molecule has 1 rings (SSSR count). The molecule has 0 aliphatic heterocycles. The van der Waals surface area contributed by atoms with Gasteiger partial charge >= 0.3 is 0 Å². The average Bonchev–Trinajstić information content (AvgIpc) is 2.66. The zero-order chi connectivity index (χ0) is 10.4. The lowest BCUT2D eigenvalue weighted by atomic mass is 10.2. The number of methoxy groups -OCH3 is 1. The monoisotopic (exact) mass is 199 g/mol.